The van der Waals surface area contributed by atoms with Crippen molar-refractivity contribution < 1.29 is 4.57 Å². The maximum atomic E-state index is 14.2. The number of nitrogens with zero attached hydrogens (tertiary/aromatic N) is 2. The molecular weight excluding hydrogens is 375 g/mol. The second-order valence-electron chi connectivity index (χ2n) is 7.55. The van der Waals surface area contributed by atoms with Crippen molar-refractivity contribution in [3.63, 3.8) is 0 Å². The summed E-state index contributed by atoms with van der Waals surface area (Å²) in [5, 5.41) is 1.52. The van der Waals surface area contributed by atoms with Crippen LogP contribution in [0.2, 0.25) is 0 Å². The van der Waals surface area contributed by atoms with Gasteiger partial charge in [0.1, 0.15) is 0 Å². The highest BCUT2D eigenvalue weighted by atomic mass is 31.2. The Kier molecular flexibility index (Phi) is 5.97. The summed E-state index contributed by atoms with van der Waals surface area (Å²) < 4.78 is 19.0. The largest absolute Gasteiger partial charge is 0.371 e. The predicted octanol–water partition coefficient (Wildman–Crippen LogP) is 5.33. The molecule has 0 aliphatic carbocycles. The summed E-state index contributed by atoms with van der Waals surface area (Å²) in [5.74, 6) is 0. The molecule has 1 aliphatic heterocycles. The first-order valence-electron chi connectivity index (χ1n) is 10.3. The van der Waals surface area contributed by atoms with Gasteiger partial charge in [-0.25, -0.2) is 4.76 Å². The van der Waals surface area contributed by atoms with E-state index in [9.17, 15) is 4.57 Å². The van der Waals surface area contributed by atoms with E-state index in [1.165, 1.54) is 24.9 Å². The topological polar surface area (TPSA) is 32.7 Å². The fourth-order valence-corrected chi connectivity index (χ4v) is 5.92. The second-order valence-corrected chi connectivity index (χ2v) is 9.96. The molecule has 1 aliphatic rings. The zero-order valence-electron chi connectivity index (χ0n) is 16.9. The van der Waals surface area contributed by atoms with Crippen LogP contribution in [0, 0.1) is 6.92 Å². The first-order chi connectivity index (χ1) is 14.2. The molecule has 0 N–H and O–H groups in total. The summed E-state index contributed by atoms with van der Waals surface area (Å²) in [6.07, 6.45) is 5.58. The minimum absolute atomic E-state index is 0.760. The smallest absolute Gasteiger partial charge is 0.247 e. The molecule has 1 saturated heterocycles. The van der Waals surface area contributed by atoms with Gasteiger partial charge in [-0.1, -0.05) is 48.5 Å². The van der Waals surface area contributed by atoms with Gasteiger partial charge in [0.2, 0.25) is 7.29 Å². The predicted molar refractivity (Wildman–Crippen MR) is 125 cm³/mol. The standard InChI is InChI=1S/C25H27N2OP/c1-21-12-11-17-25(27-18-9-4-10-19-27)24(21)20-26-29(28,22-13-5-2-6-14-22)23-15-7-3-8-16-23/h2-3,5-8,11-17,20H,4,9-10,18-19H2,1H3/b26-20+. The van der Waals surface area contributed by atoms with Crippen molar-refractivity contribution >= 4 is 29.8 Å². The van der Waals surface area contributed by atoms with Gasteiger partial charge in [0.25, 0.3) is 0 Å². The Morgan fingerprint density at radius 3 is 1.97 bits per heavy atom. The van der Waals surface area contributed by atoms with Crippen LogP contribution in [0.3, 0.4) is 0 Å². The van der Waals surface area contributed by atoms with Crippen molar-refractivity contribution in [3.05, 3.63) is 90.0 Å². The van der Waals surface area contributed by atoms with E-state index in [0.717, 1.165) is 34.8 Å². The Hall–Kier alpha value is -2.64. The lowest BCUT2D eigenvalue weighted by molar-refractivity contribution is 0.577. The van der Waals surface area contributed by atoms with Crippen LogP contribution < -0.4 is 15.5 Å². The lowest BCUT2D eigenvalue weighted by Gasteiger charge is -2.30. The average molecular weight is 402 g/mol. The molecule has 0 unspecified atom stereocenters. The molecular formula is C25H27N2OP. The van der Waals surface area contributed by atoms with Crippen LogP contribution in [0.25, 0.3) is 0 Å². The lowest BCUT2D eigenvalue weighted by atomic mass is 10.0. The van der Waals surface area contributed by atoms with Crippen LogP contribution in [-0.2, 0) is 4.57 Å². The van der Waals surface area contributed by atoms with Crippen molar-refractivity contribution in [2.45, 2.75) is 26.2 Å². The monoisotopic (exact) mass is 402 g/mol. The molecule has 148 valence electrons. The minimum atomic E-state index is -3.12. The van der Waals surface area contributed by atoms with Crippen molar-refractivity contribution in [2.24, 2.45) is 4.76 Å². The van der Waals surface area contributed by atoms with Crippen LogP contribution in [0.1, 0.15) is 30.4 Å². The van der Waals surface area contributed by atoms with Crippen LogP contribution in [0.4, 0.5) is 5.69 Å². The molecule has 0 bridgehead atoms. The van der Waals surface area contributed by atoms with Crippen LogP contribution in [-0.4, -0.2) is 19.3 Å². The van der Waals surface area contributed by atoms with E-state index < -0.39 is 7.29 Å². The zero-order chi connectivity index (χ0) is 20.1. The van der Waals surface area contributed by atoms with E-state index >= 15 is 0 Å². The number of rotatable bonds is 5. The fourth-order valence-electron chi connectivity index (χ4n) is 3.93. The summed E-state index contributed by atoms with van der Waals surface area (Å²) in [7, 11) is -3.12. The Bertz CT molecular complexity index is 982. The molecule has 0 radical (unpaired) electrons. The molecule has 3 nitrogen and oxygen atoms in total. The summed E-state index contributed by atoms with van der Waals surface area (Å²) >= 11 is 0. The van der Waals surface area contributed by atoms with Crippen molar-refractivity contribution in [1.82, 2.24) is 0 Å². The van der Waals surface area contributed by atoms with Gasteiger partial charge >= 0.3 is 0 Å². The number of piperidine rings is 1. The molecule has 4 heteroatoms. The van der Waals surface area contributed by atoms with Gasteiger partial charge < -0.3 is 4.90 Å². The molecule has 1 heterocycles. The highest BCUT2D eigenvalue weighted by molar-refractivity contribution is 7.77. The van der Waals surface area contributed by atoms with Crippen molar-refractivity contribution in [3.8, 4) is 0 Å². The van der Waals surface area contributed by atoms with Gasteiger partial charge in [0.05, 0.1) is 0 Å². The third kappa shape index (κ3) is 4.21. The Morgan fingerprint density at radius 1 is 0.793 bits per heavy atom. The summed E-state index contributed by atoms with van der Waals surface area (Å²) in [4.78, 5) is 2.44. The third-order valence-electron chi connectivity index (χ3n) is 5.56. The van der Waals surface area contributed by atoms with E-state index in [-0.39, 0.29) is 0 Å². The van der Waals surface area contributed by atoms with E-state index in [4.69, 9.17) is 4.76 Å². The third-order valence-corrected chi connectivity index (χ3v) is 8.00. The number of hydrogen-bond donors (Lipinski definition) is 0. The average Bonchev–Trinajstić information content (AvgIpc) is 2.79. The molecule has 1 fully saturated rings. The zero-order valence-corrected chi connectivity index (χ0v) is 17.8. The minimum Gasteiger partial charge on any atom is -0.371 e. The van der Waals surface area contributed by atoms with E-state index in [1.807, 2.05) is 66.9 Å². The molecule has 29 heavy (non-hydrogen) atoms. The molecule has 3 aromatic carbocycles. The summed E-state index contributed by atoms with van der Waals surface area (Å²) in [6, 6.07) is 25.6. The van der Waals surface area contributed by atoms with Gasteiger partial charge in [-0.15, -0.1) is 0 Å². The molecule has 0 amide bonds. The highest BCUT2D eigenvalue weighted by Crippen LogP contribution is 2.45. The fraction of sp³-hybridized carbons (Fsp3) is 0.240. The van der Waals surface area contributed by atoms with E-state index in [0.29, 0.717) is 0 Å². The maximum Gasteiger partial charge on any atom is 0.247 e. The quantitative estimate of drug-likeness (QED) is 0.427. The van der Waals surface area contributed by atoms with Gasteiger partial charge in [0.15, 0.2) is 0 Å². The lowest BCUT2D eigenvalue weighted by Crippen LogP contribution is -2.30. The SMILES string of the molecule is Cc1cccc(N2CCCCC2)c1/C=N/P(=O)(c1ccccc1)c1ccccc1. The first kappa shape index (κ1) is 19.7. The Balaban J connectivity index is 1.79. The highest BCUT2D eigenvalue weighted by Gasteiger charge is 2.26. The summed E-state index contributed by atoms with van der Waals surface area (Å²) in [6.45, 7) is 4.24. The van der Waals surface area contributed by atoms with Crippen molar-refractivity contribution in [1.29, 1.82) is 0 Å². The van der Waals surface area contributed by atoms with Crippen LogP contribution >= 0.6 is 7.29 Å². The molecule has 3 aromatic rings. The number of anilines is 1. The molecule has 0 saturated carbocycles. The first-order valence-corrected chi connectivity index (χ1v) is 12.0. The normalized spacial score (nSPS) is 15.0. The molecule has 4 rings (SSSR count). The van der Waals surface area contributed by atoms with Crippen LogP contribution in [0.5, 0.6) is 0 Å². The van der Waals surface area contributed by atoms with Gasteiger partial charge in [-0.05, 0) is 62.1 Å². The number of benzene rings is 3. The van der Waals surface area contributed by atoms with Gasteiger partial charge in [-0.2, -0.15) is 0 Å². The van der Waals surface area contributed by atoms with Crippen LogP contribution in [0.15, 0.2) is 83.6 Å². The summed E-state index contributed by atoms with van der Waals surface area (Å²) in [5.41, 5.74) is 3.42. The molecule has 0 aromatic heterocycles. The second kappa shape index (κ2) is 8.80. The van der Waals surface area contributed by atoms with E-state index in [2.05, 4.69) is 30.0 Å². The van der Waals surface area contributed by atoms with Crippen molar-refractivity contribution in [2.75, 3.05) is 18.0 Å². The van der Waals surface area contributed by atoms with Gasteiger partial charge in [0, 0.05) is 41.2 Å². The van der Waals surface area contributed by atoms with Gasteiger partial charge in [-0.3, -0.25) is 4.57 Å². The Morgan fingerprint density at radius 2 is 1.38 bits per heavy atom. The number of aryl methyl sites for hydroxylation is 1. The molecule has 0 atom stereocenters. The van der Waals surface area contributed by atoms with E-state index in [1.54, 1.807) is 0 Å². The molecule has 0 spiro atoms. The Labute approximate surface area is 173 Å². The maximum absolute atomic E-state index is 14.2. The number of hydrogen-bond acceptors (Lipinski definition) is 2.